The van der Waals surface area contributed by atoms with Gasteiger partial charge in [0.2, 0.25) is 0 Å². The molecular formula is C12H16N4O2. The largest absolute Gasteiger partial charge is 0.467 e. The number of nitrogens with zero attached hydrogens (tertiary/aromatic N) is 2. The standard InChI is InChI=1S/C12H16N4O2/c1-8(2)11-14-3-4-16(11)6-10-5-9(7-18-10)12(17)15-13/h3-5,7-8H,6,13H2,1-2H3,(H,15,17). The van der Waals surface area contributed by atoms with Crippen molar-refractivity contribution < 1.29 is 9.21 Å². The van der Waals surface area contributed by atoms with E-state index in [1.54, 1.807) is 12.3 Å². The lowest BCUT2D eigenvalue weighted by Crippen LogP contribution is -2.29. The second-order valence-corrected chi connectivity index (χ2v) is 4.34. The Labute approximate surface area is 105 Å². The molecule has 0 unspecified atom stereocenters. The number of rotatable bonds is 4. The molecule has 0 atom stereocenters. The number of nitrogens with one attached hydrogen (secondary N) is 1. The summed E-state index contributed by atoms with van der Waals surface area (Å²) in [5.41, 5.74) is 2.48. The van der Waals surface area contributed by atoms with Gasteiger partial charge in [0.15, 0.2) is 0 Å². The molecule has 96 valence electrons. The highest BCUT2D eigenvalue weighted by molar-refractivity contribution is 5.93. The zero-order valence-electron chi connectivity index (χ0n) is 10.4. The monoisotopic (exact) mass is 248 g/mol. The number of nitrogen functional groups attached to an aromatic ring is 1. The molecule has 0 aliphatic rings. The molecule has 3 N–H and O–H groups in total. The van der Waals surface area contributed by atoms with Crippen LogP contribution in [0.1, 0.15) is 41.7 Å². The Morgan fingerprint density at radius 3 is 3.06 bits per heavy atom. The topological polar surface area (TPSA) is 86.1 Å². The van der Waals surface area contributed by atoms with Crippen molar-refractivity contribution >= 4 is 5.91 Å². The van der Waals surface area contributed by atoms with E-state index in [0.717, 1.165) is 5.82 Å². The fourth-order valence-corrected chi connectivity index (χ4v) is 1.79. The Hall–Kier alpha value is -2.08. The highest BCUT2D eigenvalue weighted by atomic mass is 16.3. The van der Waals surface area contributed by atoms with Crippen LogP contribution in [0.4, 0.5) is 0 Å². The summed E-state index contributed by atoms with van der Waals surface area (Å²) in [4.78, 5) is 15.6. The van der Waals surface area contributed by atoms with Gasteiger partial charge in [-0.3, -0.25) is 10.2 Å². The predicted octanol–water partition coefficient (Wildman–Crippen LogP) is 1.25. The van der Waals surface area contributed by atoms with Crippen molar-refractivity contribution in [2.45, 2.75) is 26.3 Å². The van der Waals surface area contributed by atoms with Crippen molar-refractivity contribution in [3.8, 4) is 0 Å². The minimum Gasteiger partial charge on any atom is -0.467 e. The summed E-state index contributed by atoms with van der Waals surface area (Å²) < 4.78 is 7.32. The summed E-state index contributed by atoms with van der Waals surface area (Å²) in [6.07, 6.45) is 5.04. The lowest BCUT2D eigenvalue weighted by Gasteiger charge is -2.08. The van der Waals surface area contributed by atoms with Crippen LogP contribution >= 0.6 is 0 Å². The Bertz CT molecular complexity index is 542. The van der Waals surface area contributed by atoms with Crippen LogP contribution < -0.4 is 11.3 Å². The third kappa shape index (κ3) is 2.43. The van der Waals surface area contributed by atoms with Gasteiger partial charge in [-0.1, -0.05) is 13.8 Å². The van der Waals surface area contributed by atoms with Crippen LogP contribution in [0.15, 0.2) is 29.1 Å². The first-order valence-electron chi connectivity index (χ1n) is 5.71. The van der Waals surface area contributed by atoms with Crippen molar-refractivity contribution in [3.63, 3.8) is 0 Å². The van der Waals surface area contributed by atoms with Gasteiger partial charge < -0.3 is 8.98 Å². The summed E-state index contributed by atoms with van der Waals surface area (Å²) in [6, 6.07) is 1.67. The molecule has 0 aromatic carbocycles. The first-order chi connectivity index (χ1) is 8.61. The molecule has 2 aromatic heterocycles. The van der Waals surface area contributed by atoms with Crippen LogP contribution in [-0.4, -0.2) is 15.5 Å². The number of amides is 1. The summed E-state index contributed by atoms with van der Waals surface area (Å²) in [7, 11) is 0. The highest BCUT2D eigenvalue weighted by Gasteiger charge is 2.12. The molecule has 18 heavy (non-hydrogen) atoms. The SMILES string of the molecule is CC(C)c1nccn1Cc1cc(C(=O)NN)co1. The van der Waals surface area contributed by atoms with E-state index in [4.69, 9.17) is 10.3 Å². The Morgan fingerprint density at radius 2 is 2.39 bits per heavy atom. The van der Waals surface area contributed by atoms with Gasteiger partial charge in [-0.25, -0.2) is 10.8 Å². The maximum Gasteiger partial charge on any atom is 0.268 e. The second-order valence-electron chi connectivity index (χ2n) is 4.34. The molecule has 2 heterocycles. The first kappa shape index (κ1) is 12.4. The Morgan fingerprint density at radius 1 is 1.61 bits per heavy atom. The van der Waals surface area contributed by atoms with Gasteiger partial charge in [0, 0.05) is 18.3 Å². The number of carbonyl (C=O) groups is 1. The molecule has 1 amide bonds. The molecule has 6 nitrogen and oxygen atoms in total. The quantitative estimate of drug-likeness (QED) is 0.484. The van der Waals surface area contributed by atoms with Gasteiger partial charge in [0.05, 0.1) is 12.1 Å². The number of hydrogen-bond donors (Lipinski definition) is 2. The smallest absolute Gasteiger partial charge is 0.268 e. The van der Waals surface area contributed by atoms with E-state index < -0.39 is 0 Å². The number of carbonyl (C=O) groups excluding carboxylic acids is 1. The summed E-state index contributed by atoms with van der Waals surface area (Å²) in [6.45, 7) is 4.70. The van der Waals surface area contributed by atoms with E-state index in [2.05, 4.69) is 24.3 Å². The van der Waals surface area contributed by atoms with Gasteiger partial charge in [0.1, 0.15) is 17.8 Å². The normalized spacial score (nSPS) is 10.9. The number of furan rings is 1. The average Bonchev–Trinajstić information content (AvgIpc) is 2.97. The number of nitrogens with two attached hydrogens (primary N) is 1. The van der Waals surface area contributed by atoms with Crippen LogP contribution in [0.25, 0.3) is 0 Å². The summed E-state index contributed by atoms with van der Waals surface area (Å²) in [5, 5.41) is 0. The molecular weight excluding hydrogens is 232 g/mol. The molecule has 6 heteroatoms. The maximum absolute atomic E-state index is 11.3. The van der Waals surface area contributed by atoms with E-state index in [1.807, 2.05) is 10.8 Å². The molecule has 0 radical (unpaired) electrons. The zero-order valence-corrected chi connectivity index (χ0v) is 10.4. The number of aromatic nitrogens is 2. The molecule has 0 fully saturated rings. The van der Waals surface area contributed by atoms with Crippen LogP contribution in [-0.2, 0) is 6.54 Å². The predicted molar refractivity (Wildman–Crippen MR) is 65.8 cm³/mol. The summed E-state index contributed by atoms with van der Waals surface area (Å²) >= 11 is 0. The molecule has 0 saturated heterocycles. The maximum atomic E-state index is 11.3. The van der Waals surface area contributed by atoms with Gasteiger partial charge in [0.25, 0.3) is 5.91 Å². The highest BCUT2D eigenvalue weighted by Crippen LogP contribution is 2.15. The van der Waals surface area contributed by atoms with E-state index >= 15 is 0 Å². The number of hydrogen-bond acceptors (Lipinski definition) is 4. The first-order valence-corrected chi connectivity index (χ1v) is 5.71. The average molecular weight is 248 g/mol. The van der Waals surface area contributed by atoms with E-state index in [9.17, 15) is 4.79 Å². The van der Waals surface area contributed by atoms with Crippen molar-refractivity contribution in [2.75, 3.05) is 0 Å². The summed E-state index contributed by atoms with van der Waals surface area (Å²) in [5.74, 6) is 6.70. The second kappa shape index (κ2) is 5.05. The van der Waals surface area contributed by atoms with Crippen molar-refractivity contribution in [2.24, 2.45) is 5.84 Å². The molecule has 2 rings (SSSR count). The van der Waals surface area contributed by atoms with Gasteiger partial charge >= 0.3 is 0 Å². The molecule has 0 bridgehead atoms. The fourth-order valence-electron chi connectivity index (χ4n) is 1.79. The Kier molecular flexibility index (Phi) is 3.47. The van der Waals surface area contributed by atoms with Gasteiger partial charge in [-0.15, -0.1) is 0 Å². The van der Waals surface area contributed by atoms with E-state index in [-0.39, 0.29) is 5.91 Å². The van der Waals surface area contributed by atoms with Crippen molar-refractivity contribution in [3.05, 3.63) is 41.9 Å². The minimum atomic E-state index is -0.361. The van der Waals surface area contributed by atoms with Crippen LogP contribution in [0.2, 0.25) is 0 Å². The molecule has 2 aromatic rings. The molecule has 0 spiro atoms. The van der Waals surface area contributed by atoms with E-state index in [0.29, 0.717) is 23.8 Å². The third-order valence-corrected chi connectivity index (χ3v) is 2.64. The molecule has 0 aliphatic carbocycles. The zero-order chi connectivity index (χ0) is 13.1. The Balaban J connectivity index is 2.16. The fraction of sp³-hybridized carbons (Fsp3) is 0.333. The van der Waals surface area contributed by atoms with Crippen LogP contribution in [0.5, 0.6) is 0 Å². The van der Waals surface area contributed by atoms with Gasteiger partial charge in [-0.05, 0) is 6.07 Å². The van der Waals surface area contributed by atoms with E-state index in [1.165, 1.54) is 6.26 Å². The third-order valence-electron chi connectivity index (χ3n) is 2.64. The number of hydrazine groups is 1. The van der Waals surface area contributed by atoms with Crippen molar-refractivity contribution in [1.29, 1.82) is 0 Å². The number of imidazole rings is 1. The lowest BCUT2D eigenvalue weighted by molar-refractivity contribution is 0.0953. The molecule has 0 aliphatic heterocycles. The lowest BCUT2D eigenvalue weighted by atomic mass is 10.2. The van der Waals surface area contributed by atoms with Crippen LogP contribution in [0.3, 0.4) is 0 Å². The molecule has 0 saturated carbocycles. The minimum absolute atomic E-state index is 0.335. The van der Waals surface area contributed by atoms with Crippen molar-refractivity contribution in [1.82, 2.24) is 15.0 Å². The van der Waals surface area contributed by atoms with Crippen LogP contribution in [0, 0.1) is 0 Å². The van der Waals surface area contributed by atoms with Gasteiger partial charge in [-0.2, -0.15) is 0 Å².